The molecule has 0 bridgehead atoms. The molecule has 50 heavy (non-hydrogen) atoms. The molecule has 2 heterocycles. The number of piperazine rings is 1. The lowest BCUT2D eigenvalue weighted by Crippen LogP contribution is -2.49. The van der Waals surface area contributed by atoms with Gasteiger partial charge in [0.1, 0.15) is 5.82 Å². The highest BCUT2D eigenvalue weighted by atomic mass is 35.5. The van der Waals surface area contributed by atoms with Gasteiger partial charge in [-0.1, -0.05) is 40.9 Å². The molecule has 5 rings (SSSR count). The molecule has 0 saturated carbocycles. The number of carboxylic acid groups (broad SMARTS) is 1. The van der Waals surface area contributed by atoms with E-state index >= 15 is 0 Å². The van der Waals surface area contributed by atoms with Crippen molar-refractivity contribution in [3.05, 3.63) is 98.7 Å². The van der Waals surface area contributed by atoms with E-state index in [0.29, 0.717) is 45.4 Å². The molecule has 3 aromatic carbocycles. The zero-order valence-corrected chi connectivity index (χ0v) is 31.1. The number of rotatable bonds is 13. The van der Waals surface area contributed by atoms with E-state index in [2.05, 4.69) is 38.9 Å². The maximum Gasteiger partial charge on any atom is 0.413 e. The van der Waals surface area contributed by atoms with Crippen molar-refractivity contribution >= 4 is 46.7 Å². The fraction of sp³-hybridized carbons (Fsp3) is 0.395. The molecule has 0 aliphatic carbocycles. The molecule has 12 heteroatoms. The number of methoxy groups -OCH3 is 1. The van der Waals surface area contributed by atoms with Crippen LogP contribution in [0.1, 0.15) is 54.1 Å². The molecule has 1 saturated heterocycles. The van der Waals surface area contributed by atoms with Crippen molar-refractivity contribution in [1.82, 2.24) is 19.8 Å². The van der Waals surface area contributed by atoms with Crippen molar-refractivity contribution in [2.45, 2.75) is 53.1 Å². The van der Waals surface area contributed by atoms with Crippen LogP contribution in [0.15, 0.2) is 60.8 Å². The molecule has 4 aromatic rings. The fourth-order valence-electron chi connectivity index (χ4n) is 6.62. The highest BCUT2D eigenvalue weighted by molar-refractivity contribution is 6.33. The number of hydrogen-bond acceptors (Lipinski definition) is 8. The Kier molecular flexibility index (Phi) is 12.4. The van der Waals surface area contributed by atoms with Crippen molar-refractivity contribution in [2.24, 2.45) is 0 Å². The third kappa shape index (κ3) is 8.98. The molecule has 1 atom stereocenters. The number of anilines is 3. The minimum atomic E-state index is -1.21. The number of halogens is 2. The maximum atomic E-state index is 13.1. The smallest absolute Gasteiger partial charge is 0.413 e. The summed E-state index contributed by atoms with van der Waals surface area (Å²) in [4.78, 5) is 28.4. The third-order valence-corrected chi connectivity index (χ3v) is 9.63. The van der Waals surface area contributed by atoms with Gasteiger partial charge >= 0.3 is 6.09 Å². The van der Waals surface area contributed by atoms with Crippen LogP contribution in [-0.4, -0.2) is 83.4 Å². The molecule has 1 unspecified atom stereocenters. The first-order chi connectivity index (χ1) is 23.9. The van der Waals surface area contributed by atoms with Crippen molar-refractivity contribution in [2.75, 3.05) is 56.7 Å². The number of ether oxygens (including phenoxy) is 2. The fourth-order valence-corrected chi connectivity index (χ4v) is 7.02. The summed E-state index contributed by atoms with van der Waals surface area (Å²) in [5, 5.41) is 14.7. The van der Waals surface area contributed by atoms with Gasteiger partial charge in [-0.05, 0) is 99.7 Å². The summed E-state index contributed by atoms with van der Waals surface area (Å²) in [6.07, 6.45) is 1.22. The van der Waals surface area contributed by atoms with Crippen LogP contribution < -0.4 is 19.7 Å². The van der Waals surface area contributed by atoms with E-state index in [1.54, 1.807) is 37.4 Å². The monoisotopic (exact) mass is 720 g/mol. The van der Waals surface area contributed by atoms with E-state index in [4.69, 9.17) is 32.7 Å². The quantitative estimate of drug-likeness (QED) is 0.132. The normalized spacial score (nSPS) is 14.4. The predicted molar refractivity (Wildman–Crippen MR) is 201 cm³/mol. The van der Waals surface area contributed by atoms with E-state index in [9.17, 15) is 9.90 Å². The van der Waals surface area contributed by atoms with Crippen LogP contribution in [0.2, 0.25) is 10.0 Å². The van der Waals surface area contributed by atoms with E-state index in [0.717, 1.165) is 61.4 Å². The number of aromatic nitrogens is 2. The standard InChI is InChI=1S/C38H46Cl2N6O4/c1-24(2)45-17-15-44(16-18-45)14-7-19-50-32-11-9-29(23-33(32)49-6)42-37-41-13-12-34(43-37)46(38(47)48)36(30-22-28(39)8-10-31(30)40)35-26(4)20-25(3)21-27(35)5/h8-13,20-24,36H,7,14-19H2,1-6H3,(H,47,48)(H,41,42,43). The number of nitrogens with zero attached hydrogens (tertiary/aromatic N) is 5. The van der Waals surface area contributed by atoms with Crippen LogP contribution in [0.3, 0.4) is 0 Å². The summed E-state index contributed by atoms with van der Waals surface area (Å²) < 4.78 is 11.8. The van der Waals surface area contributed by atoms with Crippen LogP contribution in [-0.2, 0) is 0 Å². The molecule has 1 amide bonds. The van der Waals surface area contributed by atoms with Gasteiger partial charge in [0.05, 0.1) is 19.8 Å². The lowest BCUT2D eigenvalue weighted by molar-refractivity contribution is 0.104. The molecule has 1 aliphatic rings. The number of nitrogens with one attached hydrogen (secondary N) is 1. The van der Waals surface area contributed by atoms with Gasteiger partial charge in [0.15, 0.2) is 11.5 Å². The largest absolute Gasteiger partial charge is 0.493 e. The summed E-state index contributed by atoms with van der Waals surface area (Å²) in [6.45, 7) is 16.3. The predicted octanol–water partition coefficient (Wildman–Crippen LogP) is 8.53. The van der Waals surface area contributed by atoms with Crippen LogP contribution in [0.4, 0.5) is 22.2 Å². The number of benzene rings is 3. The van der Waals surface area contributed by atoms with Crippen LogP contribution in [0, 0.1) is 20.8 Å². The molecular weight excluding hydrogens is 675 g/mol. The van der Waals surface area contributed by atoms with Crippen LogP contribution in [0.25, 0.3) is 0 Å². The van der Waals surface area contributed by atoms with Crippen molar-refractivity contribution in [3.8, 4) is 11.5 Å². The van der Waals surface area contributed by atoms with Crippen molar-refractivity contribution in [1.29, 1.82) is 0 Å². The minimum absolute atomic E-state index is 0.160. The first-order valence-electron chi connectivity index (χ1n) is 16.9. The van der Waals surface area contributed by atoms with Gasteiger partial charge in [-0.15, -0.1) is 0 Å². The average molecular weight is 722 g/mol. The van der Waals surface area contributed by atoms with Gasteiger partial charge in [0, 0.05) is 66.8 Å². The topological polar surface area (TPSA) is 103 Å². The molecule has 0 radical (unpaired) electrons. The van der Waals surface area contributed by atoms with E-state index in [1.165, 1.54) is 11.1 Å². The Morgan fingerprint density at radius 1 is 0.980 bits per heavy atom. The van der Waals surface area contributed by atoms with Crippen LogP contribution in [0.5, 0.6) is 11.5 Å². The lowest BCUT2D eigenvalue weighted by atomic mass is 9.89. The summed E-state index contributed by atoms with van der Waals surface area (Å²) in [6, 6.07) is 15.9. The molecular formula is C38H46Cl2N6O4. The number of amides is 1. The second kappa shape index (κ2) is 16.7. The highest BCUT2D eigenvalue weighted by Crippen LogP contribution is 2.40. The summed E-state index contributed by atoms with van der Waals surface area (Å²) >= 11 is 13.2. The number of hydrogen-bond donors (Lipinski definition) is 2. The Labute approximate surface area is 304 Å². The van der Waals surface area contributed by atoms with E-state index < -0.39 is 12.1 Å². The summed E-state index contributed by atoms with van der Waals surface area (Å²) in [5.74, 6) is 1.56. The van der Waals surface area contributed by atoms with Gasteiger partial charge in [0.2, 0.25) is 5.95 Å². The van der Waals surface area contributed by atoms with Gasteiger partial charge in [-0.25, -0.2) is 14.7 Å². The first-order valence-corrected chi connectivity index (χ1v) is 17.6. The second-order valence-corrected chi connectivity index (χ2v) is 13.8. The minimum Gasteiger partial charge on any atom is -0.493 e. The third-order valence-electron chi connectivity index (χ3n) is 9.05. The summed E-state index contributed by atoms with van der Waals surface area (Å²) in [5.41, 5.74) is 4.89. The molecule has 266 valence electrons. The molecule has 0 spiro atoms. The Morgan fingerprint density at radius 2 is 1.70 bits per heavy atom. The number of aryl methyl sites for hydroxylation is 3. The van der Waals surface area contributed by atoms with Gasteiger partial charge in [-0.2, -0.15) is 4.98 Å². The molecule has 10 nitrogen and oxygen atoms in total. The Bertz CT molecular complexity index is 1770. The zero-order chi connectivity index (χ0) is 35.9. The van der Waals surface area contributed by atoms with Gasteiger partial charge < -0.3 is 24.8 Å². The molecule has 1 fully saturated rings. The molecule has 2 N–H and O–H groups in total. The summed E-state index contributed by atoms with van der Waals surface area (Å²) in [7, 11) is 1.60. The highest BCUT2D eigenvalue weighted by Gasteiger charge is 2.33. The van der Waals surface area contributed by atoms with Crippen molar-refractivity contribution in [3.63, 3.8) is 0 Å². The SMILES string of the molecule is COc1cc(Nc2nccc(N(C(=O)O)C(c3cc(Cl)ccc3Cl)c3c(C)cc(C)cc3C)n2)ccc1OCCCN1CCN(C(C)C)CC1. The molecule has 1 aromatic heterocycles. The maximum absolute atomic E-state index is 13.1. The van der Waals surface area contributed by atoms with Crippen LogP contribution >= 0.6 is 23.2 Å². The Morgan fingerprint density at radius 3 is 2.36 bits per heavy atom. The average Bonchev–Trinajstić information content (AvgIpc) is 3.07. The van der Waals surface area contributed by atoms with E-state index in [1.807, 2.05) is 45.0 Å². The van der Waals surface area contributed by atoms with E-state index in [-0.39, 0.29) is 11.8 Å². The first kappa shape index (κ1) is 37.2. The lowest BCUT2D eigenvalue weighted by Gasteiger charge is -2.36. The van der Waals surface area contributed by atoms with Gasteiger partial charge in [-0.3, -0.25) is 4.90 Å². The Balaban J connectivity index is 1.35. The molecule has 1 aliphatic heterocycles. The zero-order valence-electron chi connectivity index (χ0n) is 29.5. The van der Waals surface area contributed by atoms with Crippen molar-refractivity contribution < 1.29 is 19.4 Å². The Hall–Kier alpha value is -4.09. The number of carbonyl (C=O) groups is 1. The second-order valence-electron chi connectivity index (χ2n) is 12.9. The van der Waals surface area contributed by atoms with Gasteiger partial charge in [0.25, 0.3) is 0 Å².